The molecule has 5 heteroatoms. The normalized spacial score (nSPS) is 14.0. The van der Waals surface area contributed by atoms with Gasteiger partial charge in [0.25, 0.3) is 0 Å². The summed E-state index contributed by atoms with van der Waals surface area (Å²) in [7, 11) is 0. The monoisotopic (exact) mass is 212 g/mol. The van der Waals surface area contributed by atoms with E-state index < -0.39 is 0 Å². The predicted octanol–water partition coefficient (Wildman–Crippen LogP) is 1.17. The molecule has 14 heavy (non-hydrogen) atoms. The zero-order valence-electron chi connectivity index (χ0n) is 8.53. The third kappa shape index (κ3) is 3.33. The minimum absolute atomic E-state index is 0.340. The quantitative estimate of drug-likeness (QED) is 0.581. The van der Waals surface area contributed by atoms with Crippen molar-refractivity contribution < 1.29 is 0 Å². The standard InChI is InChI=1S/C9H16N4S/c1-3-11-9(10)13-6-7(2)8-12-4-5-14-8/h4-5,7H,3,6H2,1-2H3,(H3,10,11,13). The van der Waals surface area contributed by atoms with Gasteiger partial charge in [0, 0.05) is 24.0 Å². The van der Waals surface area contributed by atoms with E-state index in [-0.39, 0.29) is 0 Å². The molecule has 4 nitrogen and oxygen atoms in total. The lowest BCUT2D eigenvalue weighted by atomic mass is 10.2. The lowest BCUT2D eigenvalue weighted by molar-refractivity contribution is 0.759. The fourth-order valence-corrected chi connectivity index (χ4v) is 1.72. The number of aromatic nitrogens is 1. The molecule has 1 aromatic rings. The Bertz CT molecular complexity index is 281. The molecule has 0 bridgehead atoms. The minimum Gasteiger partial charge on any atom is -0.370 e. The van der Waals surface area contributed by atoms with E-state index in [4.69, 9.17) is 5.73 Å². The van der Waals surface area contributed by atoms with Crippen molar-refractivity contribution in [2.24, 2.45) is 10.7 Å². The van der Waals surface area contributed by atoms with Crippen molar-refractivity contribution in [3.8, 4) is 0 Å². The summed E-state index contributed by atoms with van der Waals surface area (Å²) in [6.07, 6.45) is 1.81. The van der Waals surface area contributed by atoms with Gasteiger partial charge in [0.1, 0.15) is 0 Å². The average molecular weight is 212 g/mol. The van der Waals surface area contributed by atoms with Crippen molar-refractivity contribution in [1.29, 1.82) is 0 Å². The van der Waals surface area contributed by atoms with Gasteiger partial charge in [0.05, 0.1) is 11.6 Å². The van der Waals surface area contributed by atoms with E-state index in [1.165, 1.54) is 0 Å². The maximum Gasteiger partial charge on any atom is 0.188 e. The van der Waals surface area contributed by atoms with Gasteiger partial charge in [-0.25, -0.2) is 4.98 Å². The third-order valence-corrected chi connectivity index (χ3v) is 2.77. The van der Waals surface area contributed by atoms with Gasteiger partial charge in [-0.3, -0.25) is 4.99 Å². The van der Waals surface area contributed by atoms with Gasteiger partial charge in [-0.1, -0.05) is 6.92 Å². The molecule has 1 rings (SSSR count). The van der Waals surface area contributed by atoms with Crippen LogP contribution in [0.1, 0.15) is 24.8 Å². The fraction of sp³-hybridized carbons (Fsp3) is 0.556. The molecule has 0 aliphatic heterocycles. The van der Waals surface area contributed by atoms with Crippen LogP contribution in [0.25, 0.3) is 0 Å². The summed E-state index contributed by atoms with van der Waals surface area (Å²) in [6.45, 7) is 5.58. The molecule has 78 valence electrons. The third-order valence-electron chi connectivity index (χ3n) is 1.77. The number of nitrogens with zero attached hydrogens (tertiary/aromatic N) is 2. The van der Waals surface area contributed by atoms with Gasteiger partial charge < -0.3 is 11.1 Å². The summed E-state index contributed by atoms with van der Waals surface area (Å²) in [5, 5.41) is 6.04. The maximum atomic E-state index is 5.61. The first kappa shape index (κ1) is 11.0. The van der Waals surface area contributed by atoms with Gasteiger partial charge >= 0.3 is 0 Å². The summed E-state index contributed by atoms with van der Waals surface area (Å²) >= 11 is 1.65. The van der Waals surface area contributed by atoms with Crippen LogP contribution in [-0.4, -0.2) is 24.0 Å². The Morgan fingerprint density at radius 2 is 2.57 bits per heavy atom. The largest absolute Gasteiger partial charge is 0.370 e. The molecule has 1 unspecified atom stereocenters. The summed E-state index contributed by atoms with van der Waals surface area (Å²) < 4.78 is 0. The zero-order valence-corrected chi connectivity index (χ0v) is 9.34. The maximum absolute atomic E-state index is 5.61. The molecule has 0 aliphatic carbocycles. The van der Waals surface area contributed by atoms with Crippen molar-refractivity contribution >= 4 is 17.3 Å². The molecule has 3 N–H and O–H groups in total. The summed E-state index contributed by atoms with van der Waals surface area (Å²) in [4.78, 5) is 8.45. The molecule has 0 fully saturated rings. The van der Waals surface area contributed by atoms with Crippen LogP contribution in [0.5, 0.6) is 0 Å². The van der Waals surface area contributed by atoms with Gasteiger partial charge in [-0.2, -0.15) is 0 Å². The van der Waals surface area contributed by atoms with Crippen LogP contribution >= 0.6 is 11.3 Å². The Morgan fingerprint density at radius 1 is 1.79 bits per heavy atom. The number of hydrogen-bond donors (Lipinski definition) is 2. The molecule has 1 heterocycles. The highest BCUT2D eigenvalue weighted by Gasteiger charge is 2.06. The van der Waals surface area contributed by atoms with Crippen LogP contribution in [0.4, 0.5) is 0 Å². The summed E-state index contributed by atoms with van der Waals surface area (Å²) in [5.74, 6) is 0.850. The molecular formula is C9H16N4S. The Balaban J connectivity index is 2.42. The summed E-state index contributed by atoms with van der Waals surface area (Å²) in [6, 6.07) is 0. The lowest BCUT2D eigenvalue weighted by Gasteiger charge is -2.05. The van der Waals surface area contributed by atoms with E-state index >= 15 is 0 Å². The second-order valence-electron chi connectivity index (χ2n) is 3.03. The van der Waals surface area contributed by atoms with E-state index in [9.17, 15) is 0 Å². The number of hydrogen-bond acceptors (Lipinski definition) is 3. The average Bonchev–Trinajstić information content (AvgIpc) is 2.67. The predicted molar refractivity (Wildman–Crippen MR) is 60.7 cm³/mol. The van der Waals surface area contributed by atoms with Crippen molar-refractivity contribution in [2.75, 3.05) is 13.1 Å². The first-order valence-corrected chi connectivity index (χ1v) is 5.55. The van der Waals surface area contributed by atoms with Gasteiger partial charge in [-0.05, 0) is 6.92 Å². The first-order chi connectivity index (χ1) is 6.74. The van der Waals surface area contributed by atoms with E-state index in [1.807, 2.05) is 18.5 Å². The highest BCUT2D eigenvalue weighted by Crippen LogP contribution is 2.17. The Kier molecular flexibility index (Phi) is 4.39. The highest BCUT2D eigenvalue weighted by atomic mass is 32.1. The smallest absolute Gasteiger partial charge is 0.188 e. The zero-order chi connectivity index (χ0) is 10.4. The van der Waals surface area contributed by atoms with E-state index in [0.29, 0.717) is 18.4 Å². The fourth-order valence-electron chi connectivity index (χ4n) is 1.03. The van der Waals surface area contributed by atoms with E-state index in [1.54, 1.807) is 11.3 Å². The van der Waals surface area contributed by atoms with E-state index in [0.717, 1.165) is 11.6 Å². The molecular weight excluding hydrogens is 196 g/mol. The van der Waals surface area contributed by atoms with Crippen LogP contribution < -0.4 is 11.1 Å². The summed E-state index contributed by atoms with van der Waals surface area (Å²) in [5.41, 5.74) is 5.61. The molecule has 0 amide bonds. The second-order valence-corrected chi connectivity index (χ2v) is 3.95. The molecule has 1 atom stereocenters. The van der Waals surface area contributed by atoms with Crippen LogP contribution in [0.3, 0.4) is 0 Å². The molecule has 0 saturated heterocycles. The highest BCUT2D eigenvalue weighted by molar-refractivity contribution is 7.09. The SMILES string of the molecule is CCNC(N)=NCC(C)c1nccs1. The topological polar surface area (TPSA) is 63.3 Å². The van der Waals surface area contributed by atoms with Gasteiger partial charge in [0.15, 0.2) is 5.96 Å². The number of nitrogens with two attached hydrogens (primary N) is 1. The molecule has 0 saturated carbocycles. The Labute approximate surface area is 88.3 Å². The van der Waals surface area contributed by atoms with Crippen molar-refractivity contribution in [1.82, 2.24) is 10.3 Å². The van der Waals surface area contributed by atoms with Gasteiger partial charge in [0.2, 0.25) is 0 Å². The molecule has 0 radical (unpaired) electrons. The van der Waals surface area contributed by atoms with E-state index in [2.05, 4.69) is 22.2 Å². The molecule has 0 spiro atoms. The van der Waals surface area contributed by atoms with Crippen LogP contribution in [0.2, 0.25) is 0 Å². The Morgan fingerprint density at radius 3 is 3.14 bits per heavy atom. The van der Waals surface area contributed by atoms with Gasteiger partial charge in [-0.15, -0.1) is 11.3 Å². The molecule has 0 aromatic carbocycles. The Hall–Kier alpha value is -1.10. The van der Waals surface area contributed by atoms with Crippen molar-refractivity contribution in [2.45, 2.75) is 19.8 Å². The first-order valence-electron chi connectivity index (χ1n) is 4.67. The minimum atomic E-state index is 0.340. The molecule has 1 aromatic heterocycles. The number of rotatable bonds is 4. The number of thiazole rings is 1. The van der Waals surface area contributed by atoms with Crippen LogP contribution in [-0.2, 0) is 0 Å². The van der Waals surface area contributed by atoms with Crippen LogP contribution in [0.15, 0.2) is 16.6 Å². The number of nitrogens with one attached hydrogen (secondary N) is 1. The van der Waals surface area contributed by atoms with Crippen molar-refractivity contribution in [3.63, 3.8) is 0 Å². The number of guanidine groups is 1. The van der Waals surface area contributed by atoms with Crippen molar-refractivity contribution in [3.05, 3.63) is 16.6 Å². The molecule has 0 aliphatic rings. The lowest BCUT2D eigenvalue weighted by Crippen LogP contribution is -2.31. The van der Waals surface area contributed by atoms with Crippen LogP contribution in [0, 0.1) is 0 Å². The second kappa shape index (κ2) is 5.59. The number of aliphatic imine (C=N–C) groups is 1.